The Bertz CT molecular complexity index is 894. The number of hydrogen-bond acceptors (Lipinski definition) is 9. The third kappa shape index (κ3) is 8.35. The number of sulfone groups is 1. The van der Waals surface area contributed by atoms with Crippen LogP contribution in [-0.4, -0.2) is 59.6 Å². The standard InChI is InChI=1S/C16H23NO9S2.H3N/c1-25-14(18)16(15(19)26-2,9-4-10-27(3,20)21)11-12-5-7-13(8-6-12)17-28(22,23)24;/h5-8,17H,4,9-11H2,1-3H3,(H,22,23,24);1H3. The van der Waals surface area contributed by atoms with Crippen LogP contribution < -0.4 is 10.9 Å². The number of benzene rings is 1. The Morgan fingerprint density at radius 2 is 1.52 bits per heavy atom. The average Bonchev–Trinajstić information content (AvgIpc) is 2.58. The van der Waals surface area contributed by atoms with Gasteiger partial charge in [-0.15, -0.1) is 0 Å². The van der Waals surface area contributed by atoms with Crippen LogP contribution in [0.4, 0.5) is 5.69 Å². The fraction of sp³-hybridized carbons (Fsp3) is 0.500. The van der Waals surface area contributed by atoms with E-state index in [1.54, 1.807) is 4.72 Å². The molecule has 0 saturated heterocycles. The van der Waals surface area contributed by atoms with Gasteiger partial charge >= 0.3 is 11.9 Å². The number of esters is 2. The predicted octanol–water partition coefficient (Wildman–Crippen LogP) is 0.635. The van der Waals surface area contributed by atoms with E-state index in [0.29, 0.717) is 5.56 Å². The number of methoxy groups -OCH3 is 2. The zero-order chi connectivity index (χ0) is 21.6. The molecule has 29 heavy (non-hydrogen) atoms. The van der Waals surface area contributed by atoms with Crippen molar-refractivity contribution >= 4 is 37.8 Å². The van der Waals surface area contributed by atoms with Crippen LogP contribution in [0, 0.1) is 5.41 Å². The molecule has 0 aliphatic rings. The van der Waals surface area contributed by atoms with Crippen molar-refractivity contribution in [1.82, 2.24) is 6.15 Å². The molecule has 13 heteroatoms. The Morgan fingerprint density at radius 3 is 1.90 bits per heavy atom. The summed E-state index contributed by atoms with van der Waals surface area (Å²) in [4.78, 5) is 24.9. The molecule has 0 unspecified atom stereocenters. The number of quaternary nitrogens is 1. The lowest BCUT2D eigenvalue weighted by Gasteiger charge is -2.28. The van der Waals surface area contributed by atoms with Crippen LogP contribution in [0.15, 0.2) is 24.3 Å². The third-order valence-electron chi connectivity index (χ3n) is 3.97. The van der Waals surface area contributed by atoms with Crippen LogP contribution in [0.1, 0.15) is 18.4 Å². The molecule has 0 atom stereocenters. The van der Waals surface area contributed by atoms with Gasteiger partial charge in [0.05, 0.1) is 14.2 Å². The molecular formula is C16H26N2O9S2. The second-order valence-electron chi connectivity index (χ2n) is 6.23. The Kier molecular flexibility index (Phi) is 9.72. The fourth-order valence-electron chi connectivity index (χ4n) is 2.73. The number of anilines is 1. The van der Waals surface area contributed by atoms with Crippen molar-refractivity contribution in [1.29, 1.82) is 0 Å². The average molecular weight is 455 g/mol. The number of carbonyl (C=O) groups is 2. The summed E-state index contributed by atoms with van der Waals surface area (Å²) in [6, 6.07) is 5.43. The molecule has 0 saturated carbocycles. The van der Waals surface area contributed by atoms with Crippen molar-refractivity contribution in [3.8, 4) is 0 Å². The molecule has 0 heterocycles. The summed E-state index contributed by atoms with van der Waals surface area (Å²) in [5, 5.41) is 0. The molecule has 1 aromatic rings. The summed E-state index contributed by atoms with van der Waals surface area (Å²) < 4.78 is 66.3. The van der Waals surface area contributed by atoms with E-state index < -0.39 is 37.5 Å². The lowest BCUT2D eigenvalue weighted by atomic mass is 9.77. The van der Waals surface area contributed by atoms with Crippen molar-refractivity contribution in [3.63, 3.8) is 0 Å². The van der Waals surface area contributed by atoms with Gasteiger partial charge in [0.15, 0.2) is 15.7 Å². The fourth-order valence-corrected chi connectivity index (χ4v) is 3.82. The summed E-state index contributed by atoms with van der Waals surface area (Å²) in [6.45, 7) is 0. The van der Waals surface area contributed by atoms with Crippen LogP contribution in [0.2, 0.25) is 0 Å². The highest BCUT2D eigenvalue weighted by atomic mass is 32.2. The summed E-state index contributed by atoms with van der Waals surface area (Å²) in [6.07, 6.45) is 0.771. The van der Waals surface area contributed by atoms with Gasteiger partial charge in [-0.2, -0.15) is 0 Å². The molecule has 1 aromatic carbocycles. The first-order chi connectivity index (χ1) is 12.8. The van der Waals surface area contributed by atoms with E-state index in [0.717, 1.165) is 20.5 Å². The minimum absolute atomic E-state index is 0. The second-order valence-corrected chi connectivity index (χ2v) is 9.60. The van der Waals surface area contributed by atoms with E-state index in [2.05, 4.69) is 0 Å². The maximum atomic E-state index is 12.4. The zero-order valence-corrected chi connectivity index (χ0v) is 18.3. The monoisotopic (exact) mass is 454 g/mol. The number of nitrogens with one attached hydrogen (secondary N) is 1. The summed E-state index contributed by atoms with van der Waals surface area (Å²) in [5.74, 6) is -1.98. The maximum Gasteiger partial charge on any atom is 0.323 e. The van der Waals surface area contributed by atoms with Gasteiger partial charge in [-0.1, -0.05) is 12.1 Å². The Hall–Kier alpha value is -2.22. The molecule has 0 amide bonds. The van der Waals surface area contributed by atoms with Gasteiger partial charge in [-0.3, -0.25) is 14.3 Å². The SMILES string of the molecule is COC(=O)C(CCCS(C)(=O)=O)(Cc1ccc(NS(=O)(=O)[O-])cc1)C(=O)OC.[NH4+]. The van der Waals surface area contributed by atoms with E-state index in [-0.39, 0.29) is 36.9 Å². The Labute approximate surface area is 170 Å². The van der Waals surface area contributed by atoms with Crippen LogP contribution in [0.3, 0.4) is 0 Å². The first-order valence-corrected chi connectivity index (χ1v) is 11.5. The van der Waals surface area contributed by atoms with Gasteiger partial charge in [0.25, 0.3) is 0 Å². The van der Waals surface area contributed by atoms with Crippen LogP contribution in [-0.2, 0) is 45.6 Å². The number of rotatable bonds is 10. The smallest absolute Gasteiger partial charge is 0.323 e. The van der Waals surface area contributed by atoms with Gasteiger partial charge in [0, 0.05) is 17.7 Å². The van der Waals surface area contributed by atoms with Crippen molar-refractivity contribution in [2.24, 2.45) is 5.41 Å². The third-order valence-corrected chi connectivity index (χ3v) is 5.49. The zero-order valence-electron chi connectivity index (χ0n) is 16.6. The molecule has 0 aliphatic heterocycles. The number of ether oxygens (including phenoxy) is 2. The minimum atomic E-state index is -4.69. The van der Waals surface area contributed by atoms with E-state index in [1.165, 1.54) is 24.3 Å². The first-order valence-electron chi connectivity index (χ1n) is 8.00. The van der Waals surface area contributed by atoms with E-state index in [4.69, 9.17) is 9.47 Å². The summed E-state index contributed by atoms with van der Waals surface area (Å²) >= 11 is 0. The molecule has 0 fully saturated rings. The van der Waals surface area contributed by atoms with Crippen LogP contribution >= 0.6 is 0 Å². The molecule has 166 valence electrons. The summed E-state index contributed by atoms with van der Waals surface area (Å²) in [5.41, 5.74) is -1.31. The molecular weight excluding hydrogens is 428 g/mol. The van der Waals surface area contributed by atoms with Crippen LogP contribution in [0.25, 0.3) is 0 Å². The van der Waals surface area contributed by atoms with Gasteiger partial charge < -0.3 is 20.2 Å². The lowest BCUT2D eigenvalue weighted by Crippen LogP contribution is -2.43. The largest absolute Gasteiger partial charge is 0.731 e. The highest BCUT2D eigenvalue weighted by Crippen LogP contribution is 2.33. The van der Waals surface area contributed by atoms with E-state index in [9.17, 15) is 31.0 Å². The van der Waals surface area contributed by atoms with Crippen molar-refractivity contribution < 1.29 is 40.5 Å². The van der Waals surface area contributed by atoms with Crippen molar-refractivity contribution in [2.45, 2.75) is 19.3 Å². The van der Waals surface area contributed by atoms with Gasteiger partial charge in [0.1, 0.15) is 9.84 Å². The number of carbonyl (C=O) groups excluding carboxylic acids is 2. The molecule has 0 aromatic heterocycles. The van der Waals surface area contributed by atoms with E-state index in [1.807, 2.05) is 0 Å². The molecule has 0 bridgehead atoms. The quantitative estimate of drug-likeness (QED) is 0.290. The molecule has 0 radical (unpaired) electrons. The lowest BCUT2D eigenvalue weighted by molar-refractivity contribution is -0.169. The van der Waals surface area contributed by atoms with Crippen LogP contribution in [0.5, 0.6) is 0 Å². The first kappa shape index (κ1) is 26.8. The van der Waals surface area contributed by atoms with Crippen molar-refractivity contribution in [3.05, 3.63) is 29.8 Å². The molecule has 0 spiro atoms. The van der Waals surface area contributed by atoms with Gasteiger partial charge in [-0.25, -0.2) is 16.8 Å². The minimum Gasteiger partial charge on any atom is -0.731 e. The Balaban J connectivity index is 0.00000784. The molecule has 11 nitrogen and oxygen atoms in total. The molecule has 0 aliphatic carbocycles. The maximum absolute atomic E-state index is 12.4. The number of hydrogen-bond donors (Lipinski definition) is 2. The molecule has 1 rings (SSSR count). The second kappa shape index (κ2) is 10.5. The molecule has 5 N–H and O–H groups in total. The Morgan fingerprint density at radius 1 is 1.03 bits per heavy atom. The summed E-state index contributed by atoms with van der Waals surface area (Å²) in [7, 11) is -5.80. The predicted molar refractivity (Wildman–Crippen MR) is 105 cm³/mol. The highest BCUT2D eigenvalue weighted by Gasteiger charge is 2.48. The van der Waals surface area contributed by atoms with E-state index >= 15 is 0 Å². The normalized spacial score (nSPS) is 11.9. The highest BCUT2D eigenvalue weighted by molar-refractivity contribution is 7.90. The topological polar surface area (TPSA) is 192 Å². The van der Waals surface area contributed by atoms with Crippen molar-refractivity contribution in [2.75, 3.05) is 31.0 Å². The van der Waals surface area contributed by atoms with Gasteiger partial charge in [0.2, 0.25) is 0 Å². The van der Waals surface area contributed by atoms with Gasteiger partial charge in [-0.05, 0) is 37.0 Å².